The maximum Gasteiger partial charge on any atom is 0.0899 e. The molecule has 5 aliphatic rings. The fraction of sp³-hybridized carbons (Fsp3) is 0.0952. The lowest BCUT2D eigenvalue weighted by Crippen LogP contribution is -2.28. The first kappa shape index (κ1) is 58.1. The first-order valence-electron chi connectivity index (χ1n) is 30.4. The number of benzene rings is 4. The van der Waals surface area contributed by atoms with E-state index in [1.54, 1.807) is 0 Å². The molecule has 9 heterocycles. The monoisotopic (exact) mass is 1180 g/mol. The maximum absolute atomic E-state index is 6.04. The van der Waals surface area contributed by atoms with Gasteiger partial charge in [0.1, 0.15) is 0 Å². The molecule has 0 amide bonds. The van der Waals surface area contributed by atoms with Crippen LogP contribution in [0.25, 0.3) is 22.3 Å². The molecule has 0 spiro atoms. The summed E-state index contributed by atoms with van der Waals surface area (Å²) >= 11 is 0. The molecule has 8 aromatic rings. The highest BCUT2D eigenvalue weighted by Gasteiger charge is 2.25. The predicted molar refractivity (Wildman–Crippen MR) is 371 cm³/mol. The summed E-state index contributed by atoms with van der Waals surface area (Å²) in [4.78, 5) is 24.5. The number of fused-ring (bicyclic) bond motifs is 8. The highest BCUT2D eigenvalue weighted by molar-refractivity contribution is 5.88. The van der Waals surface area contributed by atoms with Gasteiger partial charge in [-0.05, 0) is 167 Å². The Balaban J connectivity index is 1.08. The summed E-state index contributed by atoms with van der Waals surface area (Å²) < 4.78 is 0. The van der Waals surface area contributed by atoms with Crippen LogP contribution in [0.4, 0.5) is 0 Å². The Hall–Kier alpha value is -12.9. The smallest absolute Gasteiger partial charge is 0.0899 e. The summed E-state index contributed by atoms with van der Waals surface area (Å²) in [6.07, 6.45) is 41.7. The molecule has 8 heteroatoms. The van der Waals surface area contributed by atoms with Crippen molar-refractivity contribution in [2.24, 2.45) is 0 Å². The zero-order valence-corrected chi connectivity index (χ0v) is 50.5. The second-order valence-corrected chi connectivity index (χ2v) is 22.2. The van der Waals surface area contributed by atoms with Gasteiger partial charge in [-0.15, -0.1) is 25.7 Å². The lowest BCUT2D eigenvalue weighted by molar-refractivity contribution is 0.440. The van der Waals surface area contributed by atoms with E-state index in [2.05, 4.69) is 208 Å². The Morgan fingerprint density at radius 1 is 0.272 bits per heavy atom. The van der Waals surface area contributed by atoms with E-state index in [-0.39, 0.29) is 0 Å². The van der Waals surface area contributed by atoms with Crippen LogP contribution in [0, 0.1) is 96.7 Å². The predicted octanol–water partition coefficient (Wildman–Crippen LogP) is 9.35. The zero-order valence-electron chi connectivity index (χ0n) is 50.5. The van der Waals surface area contributed by atoms with Crippen LogP contribution in [0.3, 0.4) is 0 Å². The van der Waals surface area contributed by atoms with E-state index >= 15 is 0 Å². The van der Waals surface area contributed by atoms with Crippen molar-refractivity contribution < 1.29 is 0 Å². The Labute approximate surface area is 537 Å². The minimum absolute atomic E-state index is 0.388. The molecular formula is C84H60N8. The molecular weight excluding hydrogens is 1120 g/mol. The van der Waals surface area contributed by atoms with Gasteiger partial charge < -0.3 is 39.5 Å². The highest BCUT2D eigenvalue weighted by Crippen LogP contribution is 2.34. The van der Waals surface area contributed by atoms with Crippen molar-refractivity contribution in [3.8, 4) is 96.7 Å². The average Bonchev–Trinajstić information content (AvgIpc) is 2.02. The summed E-state index contributed by atoms with van der Waals surface area (Å²) in [5.41, 5.74) is 18.0. The molecule has 0 radical (unpaired) electrons. The Morgan fingerprint density at radius 2 is 0.500 bits per heavy atom. The normalized spacial score (nSPS) is 14.9. The van der Waals surface area contributed by atoms with Gasteiger partial charge in [0.05, 0.1) is 49.0 Å². The van der Waals surface area contributed by atoms with Gasteiger partial charge in [-0.1, -0.05) is 144 Å². The average molecular weight is 1180 g/mol. The molecule has 4 aromatic heterocycles. The summed E-state index contributed by atoms with van der Waals surface area (Å²) in [6, 6.07) is 57.4. The molecule has 4 N–H and O–H groups in total. The minimum atomic E-state index is 0.388. The second kappa shape index (κ2) is 27.0. The Kier molecular flexibility index (Phi) is 17.1. The molecule has 436 valence electrons. The molecule has 0 saturated carbocycles. The van der Waals surface area contributed by atoms with Crippen molar-refractivity contribution >= 4 is 22.3 Å². The number of aromatic amines is 4. The van der Waals surface area contributed by atoms with Crippen LogP contribution in [-0.4, -0.2) is 91.9 Å². The summed E-state index contributed by atoms with van der Waals surface area (Å²) in [5.74, 6) is 39.2. The van der Waals surface area contributed by atoms with Crippen LogP contribution in [-0.2, 0) is 0 Å². The third-order valence-electron chi connectivity index (χ3n) is 16.3. The lowest BCUT2D eigenvalue weighted by atomic mass is 9.98. The van der Waals surface area contributed by atoms with Gasteiger partial charge in [0.15, 0.2) is 0 Å². The van der Waals surface area contributed by atoms with Crippen molar-refractivity contribution in [1.29, 1.82) is 0 Å². The third-order valence-corrected chi connectivity index (χ3v) is 16.3. The van der Waals surface area contributed by atoms with E-state index in [1.807, 2.05) is 121 Å². The van der Waals surface area contributed by atoms with E-state index in [9.17, 15) is 0 Å². The molecule has 5 aliphatic heterocycles. The van der Waals surface area contributed by atoms with Crippen molar-refractivity contribution in [2.75, 3.05) is 52.4 Å². The van der Waals surface area contributed by atoms with Crippen LogP contribution in [0.15, 0.2) is 264 Å². The lowest BCUT2D eigenvalue weighted by Gasteiger charge is -2.26. The van der Waals surface area contributed by atoms with Crippen molar-refractivity contribution in [1.82, 2.24) is 39.5 Å². The van der Waals surface area contributed by atoms with E-state index < -0.39 is 0 Å². The minimum Gasteiger partial charge on any atom is -0.354 e. The van der Waals surface area contributed by atoms with Crippen LogP contribution >= 0.6 is 0 Å². The van der Waals surface area contributed by atoms with Crippen LogP contribution in [0.2, 0.25) is 0 Å². The van der Waals surface area contributed by atoms with Crippen LogP contribution in [0.5, 0.6) is 0 Å². The van der Waals surface area contributed by atoms with Gasteiger partial charge in [0.25, 0.3) is 0 Å². The number of rotatable bonds is 8. The van der Waals surface area contributed by atoms with Crippen LogP contribution in [0.1, 0.15) is 45.0 Å². The number of nitrogens with zero attached hydrogens (tertiary/aromatic N) is 4. The molecule has 13 rings (SSSR count). The summed E-state index contributed by atoms with van der Waals surface area (Å²) in [5, 5.41) is 3.50. The topological polar surface area (TPSA) is 76.1 Å². The Morgan fingerprint density at radius 3 is 0.717 bits per heavy atom. The highest BCUT2D eigenvalue weighted by atomic mass is 15.1. The number of terminal acetylenes is 4. The molecule has 8 nitrogen and oxygen atoms in total. The number of hydrogen-bond donors (Lipinski definition) is 4. The van der Waals surface area contributed by atoms with Crippen molar-refractivity contribution in [3.05, 3.63) is 330 Å². The first-order chi connectivity index (χ1) is 45.4. The molecule has 0 saturated heterocycles. The third kappa shape index (κ3) is 12.7. The van der Waals surface area contributed by atoms with Gasteiger partial charge >= 0.3 is 0 Å². The standard InChI is InChI=1S/C84H60N8/c1-5-49-89-53-45-65(57-69(89)33-29-61-21-13-9-14-22-61)81-73-37-39-75(85-73)82(66-46-54-90(50-6-2)70(58-66)34-30-62-23-15-10-16-24-62)77-41-43-79(87-77)84(68-48-56-92(52-8-4)72(60-68)36-32-64-27-19-12-20-28-64)80-44-42-78(88-80)83(76-40-38-74(81)86-76)67-47-55-91(51-7-3)71(59-67)35-31-63-25-17-11-18-26-63/h1-4,9-28,37-48,57-60,85-88H,49-56H2. The number of hydrogen-bond acceptors (Lipinski definition) is 4. The van der Waals surface area contributed by atoms with Gasteiger partial charge in [0, 0.05) is 115 Å². The second-order valence-electron chi connectivity index (χ2n) is 22.2. The molecule has 0 atom stereocenters. The van der Waals surface area contributed by atoms with Gasteiger partial charge in [0.2, 0.25) is 0 Å². The number of nitrogens with one attached hydrogen (secondary N) is 4. The summed E-state index contributed by atoms with van der Waals surface area (Å²) in [6.45, 7) is 3.70. The Bertz CT molecular complexity index is 4580. The van der Waals surface area contributed by atoms with Gasteiger partial charge in [-0.2, -0.15) is 0 Å². The van der Waals surface area contributed by atoms with Gasteiger partial charge in [-0.25, -0.2) is 0 Å². The van der Waals surface area contributed by atoms with E-state index in [0.717, 1.165) is 134 Å². The number of H-pyrrole nitrogens is 4. The van der Waals surface area contributed by atoms with Crippen LogP contribution < -0.4 is 21.4 Å². The first-order valence-corrected chi connectivity index (χ1v) is 30.4. The van der Waals surface area contributed by atoms with Crippen molar-refractivity contribution in [2.45, 2.75) is 0 Å². The van der Waals surface area contributed by atoms with E-state index in [1.165, 1.54) is 0 Å². The molecule has 4 aromatic carbocycles. The number of aromatic nitrogens is 4. The van der Waals surface area contributed by atoms with Gasteiger partial charge in [-0.3, -0.25) is 0 Å². The maximum atomic E-state index is 6.04. The van der Waals surface area contributed by atoms with E-state index in [0.29, 0.717) is 52.4 Å². The zero-order chi connectivity index (χ0) is 62.6. The SMILES string of the molecule is C#CCN1CC=C(C2=c3ccc([nH]3)=C(C3=CCN(CC#C)C(C#Cc4ccccc4)=C3)c3ccc([nH]3)C(C3=CCN(CC#C)C(C#Cc4ccccc4)=C3)=c3ccc([nH]3)=C(C3=CCN(CC#C)C(C#Cc4ccccc4)=C3)c3ccc2[nH]3)C=C1C#Cc1ccccc1. The molecule has 0 aliphatic carbocycles. The molecule has 0 unspecified atom stereocenters. The molecule has 92 heavy (non-hydrogen) atoms. The molecule has 0 fully saturated rings. The largest absolute Gasteiger partial charge is 0.354 e. The van der Waals surface area contributed by atoms with E-state index in [4.69, 9.17) is 25.7 Å². The summed E-state index contributed by atoms with van der Waals surface area (Å²) in [7, 11) is 0. The fourth-order valence-electron chi connectivity index (χ4n) is 11.8. The fourth-order valence-corrected chi connectivity index (χ4v) is 11.8. The quantitative estimate of drug-likeness (QED) is 0.115. The molecule has 8 bridgehead atoms. The van der Waals surface area contributed by atoms with Crippen molar-refractivity contribution in [3.63, 3.8) is 0 Å². The number of allylic oxidation sites excluding steroid dienone is 12.